The molecule has 3 aromatic rings. The van der Waals surface area contributed by atoms with Gasteiger partial charge < -0.3 is 9.47 Å². The Morgan fingerprint density at radius 1 is 1.21 bits per heavy atom. The number of hydrogen-bond donors (Lipinski definition) is 0. The fourth-order valence-electron chi connectivity index (χ4n) is 3.79. The molecule has 0 N–H and O–H groups in total. The molecule has 1 unspecified atom stereocenters. The molecule has 1 amide bonds. The Morgan fingerprint density at radius 3 is 2.64 bits per heavy atom. The Morgan fingerprint density at radius 2 is 1.96 bits per heavy atom. The Labute approximate surface area is 161 Å². The maximum absolute atomic E-state index is 13.2. The second-order valence-electron chi connectivity index (χ2n) is 6.97. The second kappa shape index (κ2) is 7.18. The summed E-state index contributed by atoms with van der Waals surface area (Å²) in [7, 11) is 0. The molecule has 6 nitrogen and oxygen atoms in total. The van der Waals surface area contributed by atoms with E-state index in [2.05, 4.69) is 10.1 Å². The highest BCUT2D eigenvalue weighted by molar-refractivity contribution is 5.97. The number of anilines is 1. The van der Waals surface area contributed by atoms with E-state index in [4.69, 9.17) is 0 Å². The molecule has 1 fully saturated rings. The van der Waals surface area contributed by atoms with Gasteiger partial charge in [0.25, 0.3) is 0 Å². The van der Waals surface area contributed by atoms with Crippen molar-refractivity contribution in [2.75, 3.05) is 11.4 Å². The molecule has 0 saturated carbocycles. The maximum atomic E-state index is 13.2. The van der Waals surface area contributed by atoms with Crippen LogP contribution in [0.4, 0.5) is 14.5 Å². The van der Waals surface area contributed by atoms with Crippen LogP contribution in [-0.4, -0.2) is 31.8 Å². The summed E-state index contributed by atoms with van der Waals surface area (Å²) in [4.78, 5) is 19.1. The van der Waals surface area contributed by atoms with E-state index in [0.29, 0.717) is 24.5 Å². The van der Waals surface area contributed by atoms with Crippen LogP contribution in [0.3, 0.4) is 0 Å². The number of hydrogen-bond acceptors (Lipinski definition) is 3. The Hall–Kier alpha value is -3.03. The van der Waals surface area contributed by atoms with Crippen LogP contribution in [0.15, 0.2) is 36.7 Å². The molecule has 1 aliphatic heterocycles. The summed E-state index contributed by atoms with van der Waals surface area (Å²) in [5.41, 5.74) is 2.59. The molecule has 1 aliphatic rings. The number of benzene rings is 1. The molecule has 0 spiro atoms. The minimum Gasteiger partial charge on any atom is -0.322 e. The standard InChI is InChI=1S/C20H21F2N5O/c1-13-19(11-23-27(13)17-7-5-15(22)6-8-17)25-9-3-4-18(20(25)28)26-12-16(10-21)24-14(26)2/h5-8,11-12,18H,3-4,9-10H2,1-2H3. The molecule has 2 aromatic heterocycles. The van der Waals surface area contributed by atoms with E-state index < -0.39 is 12.7 Å². The number of imidazole rings is 1. The number of rotatable bonds is 4. The van der Waals surface area contributed by atoms with E-state index >= 15 is 0 Å². The highest BCUT2D eigenvalue weighted by Crippen LogP contribution is 2.31. The third kappa shape index (κ3) is 3.08. The Balaban J connectivity index is 1.65. The van der Waals surface area contributed by atoms with Gasteiger partial charge in [-0.2, -0.15) is 5.10 Å². The van der Waals surface area contributed by atoms with Crippen molar-refractivity contribution in [3.63, 3.8) is 0 Å². The van der Waals surface area contributed by atoms with Crippen molar-refractivity contribution in [2.45, 2.75) is 39.4 Å². The van der Waals surface area contributed by atoms with Gasteiger partial charge in [0.05, 0.1) is 29.0 Å². The summed E-state index contributed by atoms with van der Waals surface area (Å²) < 4.78 is 29.6. The molecule has 28 heavy (non-hydrogen) atoms. The Kier molecular flexibility index (Phi) is 4.70. The first-order valence-electron chi connectivity index (χ1n) is 9.22. The summed E-state index contributed by atoms with van der Waals surface area (Å²) in [6.45, 7) is 3.60. The lowest BCUT2D eigenvalue weighted by molar-refractivity contribution is -0.123. The van der Waals surface area contributed by atoms with Crippen molar-refractivity contribution in [1.82, 2.24) is 19.3 Å². The van der Waals surface area contributed by atoms with Crippen molar-refractivity contribution < 1.29 is 13.6 Å². The lowest BCUT2D eigenvalue weighted by Gasteiger charge is -2.33. The number of carbonyl (C=O) groups is 1. The van der Waals surface area contributed by atoms with Gasteiger partial charge in [0, 0.05) is 12.7 Å². The number of carbonyl (C=O) groups excluding carboxylic acids is 1. The molecule has 0 aliphatic carbocycles. The fourth-order valence-corrected chi connectivity index (χ4v) is 3.79. The maximum Gasteiger partial charge on any atom is 0.250 e. The predicted octanol–water partition coefficient (Wildman–Crippen LogP) is 3.66. The second-order valence-corrected chi connectivity index (χ2v) is 6.97. The highest BCUT2D eigenvalue weighted by Gasteiger charge is 2.33. The first-order chi connectivity index (χ1) is 13.5. The van der Waals surface area contributed by atoms with Gasteiger partial charge in [0.2, 0.25) is 5.91 Å². The van der Waals surface area contributed by atoms with E-state index in [1.54, 1.807) is 45.6 Å². The third-order valence-electron chi connectivity index (χ3n) is 5.20. The average Bonchev–Trinajstić information content (AvgIpc) is 3.25. The monoisotopic (exact) mass is 385 g/mol. The van der Waals surface area contributed by atoms with Crippen LogP contribution >= 0.6 is 0 Å². The zero-order valence-corrected chi connectivity index (χ0v) is 15.8. The summed E-state index contributed by atoms with van der Waals surface area (Å²) in [6.07, 6.45) is 4.78. The van der Waals surface area contributed by atoms with Crippen molar-refractivity contribution in [1.29, 1.82) is 0 Å². The number of amides is 1. The predicted molar refractivity (Wildman–Crippen MR) is 101 cm³/mol. The topological polar surface area (TPSA) is 56.0 Å². The number of halogens is 2. The molecule has 8 heteroatoms. The van der Waals surface area contributed by atoms with Gasteiger partial charge in [-0.05, 0) is 51.0 Å². The minimum absolute atomic E-state index is 0.0566. The van der Waals surface area contributed by atoms with Crippen LogP contribution in [0.2, 0.25) is 0 Å². The molecular weight excluding hydrogens is 364 g/mol. The van der Waals surface area contributed by atoms with Gasteiger partial charge >= 0.3 is 0 Å². The summed E-state index contributed by atoms with van der Waals surface area (Å²) in [6, 6.07) is 5.64. The lowest BCUT2D eigenvalue weighted by atomic mass is 10.0. The largest absolute Gasteiger partial charge is 0.322 e. The average molecular weight is 385 g/mol. The molecule has 1 aromatic carbocycles. The number of aryl methyl sites for hydroxylation is 1. The van der Waals surface area contributed by atoms with Gasteiger partial charge in [-0.3, -0.25) is 4.79 Å². The molecule has 1 atom stereocenters. The van der Waals surface area contributed by atoms with Gasteiger partial charge in [0.1, 0.15) is 24.4 Å². The van der Waals surface area contributed by atoms with Crippen LogP contribution in [0.25, 0.3) is 5.69 Å². The van der Waals surface area contributed by atoms with Crippen LogP contribution in [-0.2, 0) is 11.5 Å². The molecule has 1 saturated heterocycles. The zero-order valence-electron chi connectivity index (χ0n) is 15.8. The molecule has 3 heterocycles. The Bertz CT molecular complexity index is 1010. The quantitative estimate of drug-likeness (QED) is 0.689. The van der Waals surface area contributed by atoms with Crippen molar-refractivity contribution in [3.8, 4) is 5.69 Å². The van der Waals surface area contributed by atoms with E-state index in [9.17, 15) is 13.6 Å². The van der Waals surface area contributed by atoms with E-state index in [1.807, 2.05) is 6.92 Å². The SMILES string of the molecule is Cc1nc(CF)cn1C1CCCN(c2cnn(-c3ccc(F)cc3)c2C)C1=O. The summed E-state index contributed by atoms with van der Waals surface area (Å²) >= 11 is 0. The number of aromatic nitrogens is 4. The van der Waals surface area contributed by atoms with E-state index in [1.165, 1.54) is 12.1 Å². The molecule has 0 radical (unpaired) electrons. The van der Waals surface area contributed by atoms with Gasteiger partial charge in [-0.1, -0.05) is 0 Å². The molecule has 4 rings (SSSR count). The first kappa shape index (κ1) is 18.3. The normalized spacial score (nSPS) is 17.4. The number of nitrogens with zero attached hydrogens (tertiary/aromatic N) is 5. The molecule has 146 valence electrons. The smallest absolute Gasteiger partial charge is 0.250 e. The van der Waals surface area contributed by atoms with Gasteiger partial charge in [-0.25, -0.2) is 18.4 Å². The number of piperidine rings is 1. The first-order valence-corrected chi connectivity index (χ1v) is 9.22. The van der Waals surface area contributed by atoms with E-state index in [-0.39, 0.29) is 11.7 Å². The van der Waals surface area contributed by atoms with Crippen LogP contribution in [0, 0.1) is 19.7 Å². The van der Waals surface area contributed by atoms with Crippen molar-refractivity contribution >= 4 is 11.6 Å². The third-order valence-corrected chi connectivity index (χ3v) is 5.20. The van der Waals surface area contributed by atoms with E-state index in [0.717, 1.165) is 23.5 Å². The number of alkyl halides is 1. The van der Waals surface area contributed by atoms with Crippen LogP contribution in [0.1, 0.15) is 36.1 Å². The minimum atomic E-state index is -0.651. The summed E-state index contributed by atoms with van der Waals surface area (Å²) in [5.74, 6) is 0.261. The van der Waals surface area contributed by atoms with Crippen molar-refractivity contribution in [2.24, 2.45) is 0 Å². The van der Waals surface area contributed by atoms with Crippen molar-refractivity contribution in [3.05, 3.63) is 59.7 Å². The van der Waals surface area contributed by atoms with Gasteiger partial charge in [-0.15, -0.1) is 0 Å². The highest BCUT2D eigenvalue weighted by atomic mass is 19.1. The zero-order chi connectivity index (χ0) is 19.8. The van der Waals surface area contributed by atoms with Crippen LogP contribution < -0.4 is 4.90 Å². The fraction of sp³-hybridized carbons (Fsp3) is 0.350. The van der Waals surface area contributed by atoms with Gasteiger partial charge in [0.15, 0.2) is 0 Å². The van der Waals surface area contributed by atoms with Crippen LogP contribution in [0.5, 0.6) is 0 Å². The summed E-state index contributed by atoms with van der Waals surface area (Å²) in [5, 5.41) is 4.39. The molecule has 0 bridgehead atoms. The molecular formula is C20H21F2N5O. The lowest BCUT2D eigenvalue weighted by Crippen LogP contribution is -2.42.